The van der Waals surface area contributed by atoms with Gasteiger partial charge in [0.15, 0.2) is 0 Å². The lowest BCUT2D eigenvalue weighted by atomic mass is 9.98. The number of benzene rings is 1. The Labute approximate surface area is 187 Å². The summed E-state index contributed by atoms with van der Waals surface area (Å²) >= 11 is 0. The van der Waals surface area contributed by atoms with E-state index in [1.165, 1.54) is 10.6 Å². The molecule has 1 saturated carbocycles. The molecule has 31 heavy (non-hydrogen) atoms. The number of esters is 1. The standard InChI is InChI=1S/C23H38N2O5S/c1-7-14-22(4,5)25(31(6,27)28)16-23(30-17(3)8-2)15-19(23)29-21(26)20(24)18-12-10-9-11-13-18/h9-13,17,19-20H,7-8,14-16,24H2,1-6H3/t17-,19+,20-,23?/m0/s1. The number of nitrogens with two attached hydrogens (primary N) is 1. The van der Waals surface area contributed by atoms with Crippen LogP contribution in [0.1, 0.15) is 71.9 Å². The van der Waals surface area contributed by atoms with Crippen molar-refractivity contribution in [2.45, 2.75) is 89.7 Å². The number of hydrogen-bond donors (Lipinski definition) is 1. The Balaban J connectivity index is 2.23. The predicted molar refractivity (Wildman–Crippen MR) is 122 cm³/mol. The minimum absolute atomic E-state index is 0.0952. The zero-order valence-electron chi connectivity index (χ0n) is 19.6. The Hall–Kier alpha value is -1.48. The van der Waals surface area contributed by atoms with E-state index in [-0.39, 0.29) is 12.6 Å². The normalized spacial score (nSPS) is 23.4. The summed E-state index contributed by atoms with van der Waals surface area (Å²) in [6, 6.07) is 8.14. The summed E-state index contributed by atoms with van der Waals surface area (Å²) in [5.41, 5.74) is 5.31. The van der Waals surface area contributed by atoms with Gasteiger partial charge < -0.3 is 15.2 Å². The highest BCUT2D eigenvalue weighted by Crippen LogP contribution is 2.47. The van der Waals surface area contributed by atoms with Crippen LogP contribution in [-0.4, -0.2) is 54.8 Å². The molecule has 2 rings (SSSR count). The van der Waals surface area contributed by atoms with Crippen molar-refractivity contribution in [2.75, 3.05) is 12.8 Å². The van der Waals surface area contributed by atoms with Gasteiger partial charge in [0, 0.05) is 18.5 Å². The molecule has 1 aromatic rings. The van der Waals surface area contributed by atoms with E-state index in [4.69, 9.17) is 15.2 Å². The molecular formula is C23H38N2O5S. The molecule has 1 aromatic carbocycles. The highest BCUT2D eigenvalue weighted by molar-refractivity contribution is 7.88. The summed E-state index contributed by atoms with van der Waals surface area (Å²) in [7, 11) is -3.50. The van der Waals surface area contributed by atoms with Gasteiger partial charge in [-0.05, 0) is 39.2 Å². The summed E-state index contributed by atoms with van der Waals surface area (Å²) in [6.45, 7) is 9.95. The molecule has 0 spiro atoms. The van der Waals surface area contributed by atoms with Crippen molar-refractivity contribution in [3.05, 3.63) is 35.9 Å². The molecule has 1 unspecified atom stereocenters. The maximum atomic E-state index is 12.7. The highest BCUT2D eigenvalue weighted by atomic mass is 32.2. The van der Waals surface area contributed by atoms with Crippen molar-refractivity contribution in [1.29, 1.82) is 0 Å². The van der Waals surface area contributed by atoms with Gasteiger partial charge in [0.2, 0.25) is 10.0 Å². The van der Waals surface area contributed by atoms with Gasteiger partial charge in [-0.3, -0.25) is 0 Å². The fourth-order valence-electron chi connectivity index (χ4n) is 3.99. The number of carbonyl (C=O) groups excluding carboxylic acids is 1. The van der Waals surface area contributed by atoms with Crippen molar-refractivity contribution in [2.24, 2.45) is 5.73 Å². The maximum Gasteiger partial charge on any atom is 0.327 e. The summed E-state index contributed by atoms with van der Waals surface area (Å²) in [4.78, 5) is 12.7. The van der Waals surface area contributed by atoms with Crippen LogP contribution in [0.2, 0.25) is 0 Å². The zero-order chi connectivity index (χ0) is 23.4. The zero-order valence-corrected chi connectivity index (χ0v) is 20.4. The van der Waals surface area contributed by atoms with E-state index in [9.17, 15) is 13.2 Å². The summed E-state index contributed by atoms with van der Waals surface area (Å²) in [5, 5.41) is 0. The van der Waals surface area contributed by atoms with Crippen molar-refractivity contribution in [3.63, 3.8) is 0 Å². The lowest BCUT2D eigenvalue weighted by Gasteiger charge is -2.39. The smallest absolute Gasteiger partial charge is 0.327 e. The van der Waals surface area contributed by atoms with Crippen LogP contribution >= 0.6 is 0 Å². The van der Waals surface area contributed by atoms with E-state index in [1.807, 2.05) is 52.8 Å². The van der Waals surface area contributed by atoms with E-state index in [1.54, 1.807) is 12.1 Å². The van der Waals surface area contributed by atoms with Crippen LogP contribution in [0.15, 0.2) is 30.3 Å². The van der Waals surface area contributed by atoms with E-state index in [0.29, 0.717) is 18.4 Å². The molecule has 1 aliphatic carbocycles. The predicted octanol–water partition coefficient (Wildman–Crippen LogP) is 3.40. The van der Waals surface area contributed by atoms with E-state index < -0.39 is 39.3 Å². The number of hydrogen-bond acceptors (Lipinski definition) is 6. The average Bonchev–Trinajstić information content (AvgIpc) is 3.36. The second kappa shape index (κ2) is 9.98. The van der Waals surface area contributed by atoms with Crippen LogP contribution in [0.5, 0.6) is 0 Å². The molecule has 1 fully saturated rings. The van der Waals surface area contributed by atoms with Crippen LogP contribution < -0.4 is 5.73 Å². The lowest BCUT2D eigenvalue weighted by molar-refractivity contribution is -0.152. The first-order valence-electron chi connectivity index (χ1n) is 11.0. The van der Waals surface area contributed by atoms with Crippen molar-refractivity contribution in [1.82, 2.24) is 4.31 Å². The average molecular weight is 455 g/mol. The van der Waals surface area contributed by atoms with Gasteiger partial charge in [-0.2, -0.15) is 4.31 Å². The van der Waals surface area contributed by atoms with Crippen LogP contribution in [-0.2, 0) is 24.3 Å². The van der Waals surface area contributed by atoms with E-state index >= 15 is 0 Å². The van der Waals surface area contributed by atoms with Crippen LogP contribution in [0.4, 0.5) is 0 Å². The number of ether oxygens (including phenoxy) is 2. The minimum atomic E-state index is -3.50. The van der Waals surface area contributed by atoms with E-state index in [0.717, 1.165) is 12.8 Å². The molecule has 0 aliphatic heterocycles. The first kappa shape index (κ1) is 25.8. The van der Waals surface area contributed by atoms with Gasteiger partial charge >= 0.3 is 5.97 Å². The molecule has 2 N–H and O–H groups in total. The molecule has 0 radical (unpaired) electrons. The number of carbonyl (C=O) groups is 1. The number of rotatable bonds is 12. The Bertz CT molecular complexity index is 843. The molecule has 1 aliphatic rings. The molecule has 176 valence electrons. The molecular weight excluding hydrogens is 416 g/mol. The molecule has 0 heterocycles. The Morgan fingerprint density at radius 3 is 2.42 bits per heavy atom. The quantitative estimate of drug-likeness (QED) is 0.486. The Morgan fingerprint density at radius 1 is 1.29 bits per heavy atom. The summed E-state index contributed by atoms with van der Waals surface area (Å²) in [6.07, 6.45) is 3.36. The SMILES string of the molecule is CCCC(C)(C)N(CC1(O[C@@H](C)CC)C[C@H]1OC(=O)[C@@H](N)c1ccccc1)S(C)(=O)=O. The fraction of sp³-hybridized carbons (Fsp3) is 0.696. The monoisotopic (exact) mass is 454 g/mol. The fourth-order valence-corrected chi connectivity index (χ4v) is 5.43. The number of nitrogens with zero attached hydrogens (tertiary/aromatic N) is 1. The largest absolute Gasteiger partial charge is 0.458 e. The minimum Gasteiger partial charge on any atom is -0.458 e. The van der Waals surface area contributed by atoms with Crippen molar-refractivity contribution >= 4 is 16.0 Å². The summed E-state index contributed by atoms with van der Waals surface area (Å²) in [5.74, 6) is -0.537. The van der Waals surface area contributed by atoms with Gasteiger partial charge in [-0.1, -0.05) is 50.6 Å². The van der Waals surface area contributed by atoms with E-state index in [2.05, 4.69) is 0 Å². The van der Waals surface area contributed by atoms with Gasteiger partial charge in [-0.15, -0.1) is 0 Å². The second-order valence-electron chi connectivity index (χ2n) is 9.25. The Kier molecular flexibility index (Phi) is 8.30. The van der Waals surface area contributed by atoms with Gasteiger partial charge in [0.05, 0.1) is 12.4 Å². The van der Waals surface area contributed by atoms with Gasteiger partial charge in [0.25, 0.3) is 0 Å². The van der Waals surface area contributed by atoms with Crippen LogP contribution in [0, 0.1) is 0 Å². The molecule has 8 heteroatoms. The van der Waals surface area contributed by atoms with Crippen LogP contribution in [0.25, 0.3) is 0 Å². The van der Waals surface area contributed by atoms with Gasteiger partial charge in [0.1, 0.15) is 17.7 Å². The molecule has 0 bridgehead atoms. The maximum absolute atomic E-state index is 12.7. The summed E-state index contributed by atoms with van der Waals surface area (Å²) < 4.78 is 38.8. The van der Waals surface area contributed by atoms with Crippen molar-refractivity contribution < 1.29 is 22.7 Å². The third-order valence-electron chi connectivity index (χ3n) is 5.99. The van der Waals surface area contributed by atoms with Crippen molar-refractivity contribution in [3.8, 4) is 0 Å². The first-order chi connectivity index (χ1) is 14.4. The Morgan fingerprint density at radius 2 is 1.90 bits per heavy atom. The third kappa shape index (κ3) is 6.51. The third-order valence-corrected chi connectivity index (χ3v) is 7.41. The molecule has 7 nitrogen and oxygen atoms in total. The number of sulfonamides is 1. The molecule has 4 atom stereocenters. The highest BCUT2D eigenvalue weighted by Gasteiger charge is 2.62. The topological polar surface area (TPSA) is 98.9 Å². The first-order valence-corrected chi connectivity index (χ1v) is 12.9. The molecule has 0 aromatic heterocycles. The van der Waals surface area contributed by atoms with Crippen LogP contribution in [0.3, 0.4) is 0 Å². The molecule has 0 saturated heterocycles. The van der Waals surface area contributed by atoms with Gasteiger partial charge in [-0.25, -0.2) is 13.2 Å². The lowest BCUT2D eigenvalue weighted by Crippen LogP contribution is -2.52. The molecule has 0 amide bonds. The second-order valence-corrected chi connectivity index (χ2v) is 11.2.